The molecule has 2 rings (SSSR count). The Balaban J connectivity index is 2.40. The van der Waals surface area contributed by atoms with Crippen molar-refractivity contribution in [3.8, 4) is 0 Å². The molecule has 0 amide bonds. The lowest BCUT2D eigenvalue weighted by Crippen LogP contribution is -2.16. The highest BCUT2D eigenvalue weighted by molar-refractivity contribution is 9.10. The Morgan fingerprint density at radius 2 is 2.31 bits per heavy atom. The number of halogens is 1. The van der Waals surface area contributed by atoms with Gasteiger partial charge in [0.05, 0.1) is 27.4 Å². The quantitative estimate of drug-likeness (QED) is 0.947. The van der Waals surface area contributed by atoms with Crippen molar-refractivity contribution < 1.29 is 0 Å². The van der Waals surface area contributed by atoms with Gasteiger partial charge in [-0.25, -0.2) is 4.98 Å². The van der Waals surface area contributed by atoms with Gasteiger partial charge in [-0.1, -0.05) is 0 Å². The highest BCUT2D eigenvalue weighted by Crippen LogP contribution is 2.29. The van der Waals surface area contributed by atoms with Crippen molar-refractivity contribution >= 4 is 27.3 Å². The summed E-state index contributed by atoms with van der Waals surface area (Å²) in [5, 5.41) is 5.29. The lowest BCUT2D eigenvalue weighted by atomic mass is 10.2. The molecular weight excluding hydrogens is 288 g/mol. The van der Waals surface area contributed by atoms with Gasteiger partial charge in [-0.05, 0) is 29.8 Å². The van der Waals surface area contributed by atoms with Crippen LogP contribution in [0.5, 0.6) is 0 Å². The Bertz CT molecular complexity index is 491. The van der Waals surface area contributed by atoms with Gasteiger partial charge in [0, 0.05) is 17.6 Å². The normalized spacial score (nSPS) is 13.0. The molecular formula is C10H13BrN4S. The fraction of sp³-hybridized carbons (Fsp3) is 0.400. The molecule has 16 heavy (non-hydrogen) atoms. The third kappa shape index (κ3) is 2.05. The van der Waals surface area contributed by atoms with E-state index in [-0.39, 0.29) is 6.04 Å². The summed E-state index contributed by atoms with van der Waals surface area (Å²) in [6.45, 7) is 4.84. The van der Waals surface area contributed by atoms with Crippen molar-refractivity contribution in [3.63, 3.8) is 0 Å². The summed E-state index contributed by atoms with van der Waals surface area (Å²) < 4.78 is 2.86. The molecule has 0 radical (unpaired) electrons. The van der Waals surface area contributed by atoms with E-state index >= 15 is 0 Å². The summed E-state index contributed by atoms with van der Waals surface area (Å²) in [6.07, 6.45) is 3.62. The summed E-state index contributed by atoms with van der Waals surface area (Å²) in [6, 6.07) is -0.164. The van der Waals surface area contributed by atoms with Crippen molar-refractivity contribution in [1.29, 1.82) is 0 Å². The maximum atomic E-state index is 6.23. The van der Waals surface area contributed by atoms with Crippen LogP contribution in [-0.2, 0) is 6.54 Å². The lowest BCUT2D eigenvalue weighted by Gasteiger charge is -2.12. The van der Waals surface area contributed by atoms with Crippen LogP contribution in [0.1, 0.15) is 28.5 Å². The van der Waals surface area contributed by atoms with Crippen LogP contribution in [0.3, 0.4) is 0 Å². The van der Waals surface area contributed by atoms with Crippen molar-refractivity contribution in [3.05, 3.63) is 32.4 Å². The predicted molar refractivity (Wildman–Crippen MR) is 68.5 cm³/mol. The average molecular weight is 301 g/mol. The van der Waals surface area contributed by atoms with Crippen LogP contribution in [0.4, 0.5) is 0 Å². The predicted octanol–water partition coefficient (Wildman–Crippen LogP) is 2.48. The van der Waals surface area contributed by atoms with Gasteiger partial charge in [0.25, 0.3) is 0 Å². The van der Waals surface area contributed by atoms with Crippen LogP contribution in [0.15, 0.2) is 16.9 Å². The molecule has 2 N–H and O–H groups in total. The van der Waals surface area contributed by atoms with Gasteiger partial charge < -0.3 is 5.73 Å². The second-order valence-corrected chi connectivity index (χ2v) is 5.57. The second kappa shape index (κ2) is 4.65. The van der Waals surface area contributed by atoms with Gasteiger partial charge in [-0.2, -0.15) is 5.10 Å². The molecule has 6 heteroatoms. The molecule has 0 aromatic carbocycles. The Kier molecular flexibility index (Phi) is 3.41. The molecule has 0 bridgehead atoms. The first-order valence-electron chi connectivity index (χ1n) is 5.02. The van der Waals surface area contributed by atoms with Crippen molar-refractivity contribution in [2.45, 2.75) is 26.4 Å². The number of thiazole rings is 1. The first-order valence-corrected chi connectivity index (χ1v) is 6.63. The van der Waals surface area contributed by atoms with Crippen LogP contribution in [0.25, 0.3) is 0 Å². The summed E-state index contributed by atoms with van der Waals surface area (Å²) in [5.74, 6) is 0. The summed E-state index contributed by atoms with van der Waals surface area (Å²) in [5.41, 5.74) is 7.24. The van der Waals surface area contributed by atoms with Crippen LogP contribution < -0.4 is 5.73 Å². The number of rotatable bonds is 3. The highest BCUT2D eigenvalue weighted by Gasteiger charge is 2.19. The molecule has 86 valence electrons. The first-order chi connectivity index (χ1) is 7.63. The van der Waals surface area contributed by atoms with E-state index in [0.29, 0.717) is 0 Å². The monoisotopic (exact) mass is 300 g/mol. The molecule has 0 aliphatic rings. The molecule has 2 heterocycles. The molecule has 2 aromatic heterocycles. The third-order valence-electron chi connectivity index (χ3n) is 2.37. The zero-order valence-corrected chi connectivity index (χ0v) is 11.5. The number of aromatic nitrogens is 3. The number of nitrogens with two attached hydrogens (primary N) is 1. The van der Waals surface area contributed by atoms with E-state index in [9.17, 15) is 0 Å². The SMILES string of the molecule is CCn1ncc(Br)c1C(N)c1cnc(C)s1. The molecule has 4 nitrogen and oxygen atoms in total. The van der Waals surface area contributed by atoms with Crippen molar-refractivity contribution in [1.82, 2.24) is 14.8 Å². The second-order valence-electron chi connectivity index (χ2n) is 3.45. The van der Waals surface area contributed by atoms with Crippen molar-refractivity contribution in [2.75, 3.05) is 0 Å². The fourth-order valence-electron chi connectivity index (χ4n) is 1.59. The number of hydrogen-bond donors (Lipinski definition) is 1. The molecule has 0 saturated heterocycles. The molecule has 0 saturated carbocycles. The molecule has 0 fully saturated rings. The average Bonchev–Trinajstić information content (AvgIpc) is 2.83. The summed E-state index contributed by atoms with van der Waals surface area (Å²) in [7, 11) is 0. The molecule has 1 unspecified atom stereocenters. The maximum absolute atomic E-state index is 6.23. The van der Waals surface area contributed by atoms with E-state index in [1.54, 1.807) is 17.5 Å². The van der Waals surface area contributed by atoms with E-state index in [1.807, 2.05) is 24.7 Å². The van der Waals surface area contributed by atoms with Gasteiger partial charge in [0.2, 0.25) is 0 Å². The minimum Gasteiger partial charge on any atom is -0.318 e. The minimum atomic E-state index is -0.164. The standard InChI is InChI=1S/C10H13BrN4S/c1-3-15-10(7(11)4-14-15)9(12)8-5-13-6(2)16-8/h4-5,9H,3,12H2,1-2H3. The number of nitrogens with zero attached hydrogens (tertiary/aromatic N) is 3. The zero-order chi connectivity index (χ0) is 11.7. The zero-order valence-electron chi connectivity index (χ0n) is 9.14. The van der Waals surface area contributed by atoms with E-state index < -0.39 is 0 Å². The largest absolute Gasteiger partial charge is 0.318 e. The van der Waals surface area contributed by atoms with Crippen LogP contribution in [-0.4, -0.2) is 14.8 Å². The van der Waals surface area contributed by atoms with Gasteiger partial charge in [-0.15, -0.1) is 11.3 Å². The Morgan fingerprint density at radius 1 is 1.56 bits per heavy atom. The highest BCUT2D eigenvalue weighted by atomic mass is 79.9. The molecule has 1 atom stereocenters. The smallest absolute Gasteiger partial charge is 0.0897 e. The van der Waals surface area contributed by atoms with Gasteiger partial charge in [-0.3, -0.25) is 4.68 Å². The topological polar surface area (TPSA) is 56.7 Å². The van der Waals surface area contributed by atoms with E-state index in [4.69, 9.17) is 5.73 Å². The number of aryl methyl sites for hydroxylation is 2. The van der Waals surface area contributed by atoms with Crippen molar-refractivity contribution in [2.24, 2.45) is 5.73 Å². The molecule has 2 aromatic rings. The third-order valence-corrected chi connectivity index (χ3v) is 3.98. The van der Waals surface area contributed by atoms with E-state index in [2.05, 4.69) is 26.0 Å². The van der Waals surface area contributed by atoms with E-state index in [1.165, 1.54) is 0 Å². The maximum Gasteiger partial charge on any atom is 0.0897 e. The Morgan fingerprint density at radius 3 is 2.88 bits per heavy atom. The Labute approximate surface area is 107 Å². The van der Waals surface area contributed by atoms with Gasteiger partial charge >= 0.3 is 0 Å². The van der Waals surface area contributed by atoms with Crippen LogP contribution >= 0.6 is 27.3 Å². The fourth-order valence-corrected chi connectivity index (χ4v) is 2.92. The van der Waals surface area contributed by atoms with Gasteiger partial charge in [0.1, 0.15) is 0 Å². The van der Waals surface area contributed by atoms with Gasteiger partial charge in [0.15, 0.2) is 0 Å². The van der Waals surface area contributed by atoms with Crippen LogP contribution in [0.2, 0.25) is 0 Å². The molecule has 0 aliphatic heterocycles. The summed E-state index contributed by atoms with van der Waals surface area (Å²) in [4.78, 5) is 5.29. The minimum absolute atomic E-state index is 0.164. The van der Waals surface area contributed by atoms with Crippen LogP contribution in [0, 0.1) is 6.92 Å². The molecule has 0 spiro atoms. The van der Waals surface area contributed by atoms with E-state index in [0.717, 1.165) is 26.6 Å². The first kappa shape index (κ1) is 11.8. The number of hydrogen-bond acceptors (Lipinski definition) is 4. The summed E-state index contributed by atoms with van der Waals surface area (Å²) >= 11 is 5.11. The lowest BCUT2D eigenvalue weighted by molar-refractivity contribution is 0.602. The molecule has 0 aliphatic carbocycles. The Hall–Kier alpha value is -0.720.